The van der Waals surface area contributed by atoms with Gasteiger partial charge in [-0.2, -0.15) is 26.3 Å². The summed E-state index contributed by atoms with van der Waals surface area (Å²) in [7, 11) is 4.81. The molecule has 3 atom stereocenters. The van der Waals surface area contributed by atoms with Crippen molar-refractivity contribution in [2.24, 2.45) is 0 Å². The van der Waals surface area contributed by atoms with E-state index in [9.17, 15) is 40.3 Å². The second-order valence-corrected chi connectivity index (χ2v) is 10.2. The van der Waals surface area contributed by atoms with E-state index >= 15 is 0 Å². The number of nitrogens with zero attached hydrogens (tertiary/aromatic N) is 2. The van der Waals surface area contributed by atoms with Crippen LogP contribution in [-0.4, -0.2) is 68.0 Å². The van der Waals surface area contributed by atoms with Crippen molar-refractivity contribution in [2.75, 3.05) is 33.1 Å². The summed E-state index contributed by atoms with van der Waals surface area (Å²) in [5.41, 5.74) is -1.65. The zero-order chi connectivity index (χ0) is 31.0. The number of benzene rings is 2. The number of carbonyl (C=O) groups is 2. The number of urea groups is 1. The third-order valence-electron chi connectivity index (χ3n) is 7.93. The van der Waals surface area contributed by atoms with Gasteiger partial charge in [-0.15, -0.1) is 5.06 Å². The Morgan fingerprint density at radius 1 is 1.00 bits per heavy atom. The number of methoxy groups -OCH3 is 2. The lowest BCUT2D eigenvalue weighted by Gasteiger charge is -2.46. The van der Waals surface area contributed by atoms with E-state index in [0.717, 1.165) is 11.6 Å². The standard InChI is InChI=1S/C27H28F7N3O5/c1-36-11-10-25(15-4-7-20(40-2)21(12-15)41-3)9-8-17(14-22(25)36)37(42-23(38)27(32,33)34)24(39)35-16-5-6-18(19(28)13-16)26(29,30)31/h4-7,12-13,17,22H,8-11,14H2,1-3H3,(H,35,39)/t17-,22+,25+/m1/s1. The molecule has 42 heavy (non-hydrogen) atoms. The van der Waals surface area contributed by atoms with Crippen molar-refractivity contribution < 1.29 is 54.6 Å². The van der Waals surface area contributed by atoms with E-state index in [1.165, 1.54) is 14.2 Å². The van der Waals surface area contributed by atoms with Gasteiger partial charge in [0.2, 0.25) is 0 Å². The van der Waals surface area contributed by atoms with E-state index in [1.54, 1.807) is 6.07 Å². The molecular formula is C27H28F7N3O5. The number of halogens is 7. The van der Waals surface area contributed by atoms with Gasteiger partial charge in [0, 0.05) is 17.1 Å². The van der Waals surface area contributed by atoms with E-state index in [-0.39, 0.29) is 23.9 Å². The Bertz CT molecular complexity index is 1340. The Labute approximate surface area is 236 Å². The second-order valence-electron chi connectivity index (χ2n) is 10.2. The fourth-order valence-corrected chi connectivity index (χ4v) is 5.88. The predicted octanol–water partition coefficient (Wildman–Crippen LogP) is 5.91. The molecule has 1 N–H and O–H groups in total. The number of amides is 2. The molecule has 8 nitrogen and oxygen atoms in total. The highest BCUT2D eigenvalue weighted by Crippen LogP contribution is 2.50. The molecule has 2 amide bonds. The summed E-state index contributed by atoms with van der Waals surface area (Å²) in [4.78, 5) is 31.4. The molecule has 1 aliphatic carbocycles. The molecule has 2 aromatic rings. The number of carbonyl (C=O) groups excluding carboxylic acids is 2. The highest BCUT2D eigenvalue weighted by atomic mass is 19.4. The maximum absolute atomic E-state index is 14.1. The molecule has 0 spiro atoms. The lowest BCUT2D eigenvalue weighted by atomic mass is 9.65. The third kappa shape index (κ3) is 6.05. The largest absolute Gasteiger partial charge is 0.493 e. The number of hydroxylamine groups is 2. The van der Waals surface area contributed by atoms with Gasteiger partial charge in [-0.1, -0.05) is 6.07 Å². The first-order valence-electron chi connectivity index (χ1n) is 12.8. The summed E-state index contributed by atoms with van der Waals surface area (Å²) in [6.45, 7) is 0.630. The molecule has 1 saturated carbocycles. The number of rotatable bonds is 5. The van der Waals surface area contributed by atoms with Crippen LogP contribution in [0.4, 0.5) is 41.2 Å². The maximum atomic E-state index is 14.1. The molecule has 2 fully saturated rings. The first-order valence-corrected chi connectivity index (χ1v) is 12.8. The lowest BCUT2D eigenvalue weighted by molar-refractivity contribution is -0.235. The first kappa shape index (κ1) is 31.2. The van der Waals surface area contributed by atoms with Crippen LogP contribution in [0.2, 0.25) is 0 Å². The van der Waals surface area contributed by atoms with Crippen LogP contribution in [0.5, 0.6) is 11.5 Å². The minimum absolute atomic E-state index is 0.0881. The van der Waals surface area contributed by atoms with Crippen LogP contribution in [0.1, 0.15) is 36.8 Å². The number of anilines is 1. The zero-order valence-electron chi connectivity index (χ0n) is 22.7. The summed E-state index contributed by atoms with van der Waals surface area (Å²) in [6.07, 6.45) is -9.18. The molecule has 1 aliphatic heterocycles. The second kappa shape index (κ2) is 11.5. The van der Waals surface area contributed by atoms with Crippen LogP contribution in [0.25, 0.3) is 0 Å². The Morgan fingerprint density at radius 3 is 2.29 bits per heavy atom. The fraction of sp³-hybridized carbons (Fsp3) is 0.481. The van der Waals surface area contributed by atoms with Crippen molar-refractivity contribution in [1.29, 1.82) is 0 Å². The van der Waals surface area contributed by atoms with Crippen LogP contribution < -0.4 is 14.8 Å². The quantitative estimate of drug-likeness (QED) is 0.337. The Balaban J connectivity index is 1.63. The number of likely N-dealkylation sites (N-methyl/N-ethyl adjacent to an activating group) is 1. The minimum atomic E-state index is -5.44. The van der Waals surface area contributed by atoms with Gasteiger partial charge >= 0.3 is 24.4 Å². The van der Waals surface area contributed by atoms with Crippen LogP contribution in [0.15, 0.2) is 36.4 Å². The zero-order valence-corrected chi connectivity index (χ0v) is 22.7. The predicted molar refractivity (Wildman–Crippen MR) is 134 cm³/mol. The Morgan fingerprint density at radius 2 is 1.69 bits per heavy atom. The van der Waals surface area contributed by atoms with Crippen LogP contribution in [0.3, 0.4) is 0 Å². The van der Waals surface area contributed by atoms with Crippen molar-refractivity contribution in [1.82, 2.24) is 9.96 Å². The van der Waals surface area contributed by atoms with E-state index < -0.39 is 52.9 Å². The summed E-state index contributed by atoms with van der Waals surface area (Å²) in [5, 5.41) is 2.29. The van der Waals surface area contributed by atoms with Gasteiger partial charge in [0.15, 0.2) is 11.5 Å². The molecule has 0 unspecified atom stereocenters. The van der Waals surface area contributed by atoms with E-state index in [4.69, 9.17) is 9.47 Å². The minimum Gasteiger partial charge on any atom is -0.493 e. The average Bonchev–Trinajstić information content (AvgIpc) is 3.26. The molecule has 15 heteroatoms. The van der Waals surface area contributed by atoms with Crippen LogP contribution >= 0.6 is 0 Å². The Kier molecular flexibility index (Phi) is 8.54. The molecule has 4 rings (SSSR count). The number of hydrogen-bond acceptors (Lipinski definition) is 6. The van der Waals surface area contributed by atoms with Gasteiger partial charge < -0.3 is 24.5 Å². The van der Waals surface area contributed by atoms with Gasteiger partial charge in [-0.05, 0) is 75.2 Å². The molecule has 230 valence electrons. The topological polar surface area (TPSA) is 80.3 Å². The molecule has 1 saturated heterocycles. The summed E-state index contributed by atoms with van der Waals surface area (Å²) < 4.78 is 103. The number of ether oxygens (including phenoxy) is 2. The molecular weight excluding hydrogens is 579 g/mol. The molecule has 1 heterocycles. The molecule has 0 radical (unpaired) electrons. The maximum Gasteiger partial charge on any atom is 0.493 e. The summed E-state index contributed by atoms with van der Waals surface area (Å²) in [6, 6.07) is 4.21. The third-order valence-corrected chi connectivity index (χ3v) is 7.93. The first-order chi connectivity index (χ1) is 19.6. The smallest absolute Gasteiger partial charge is 0.493 e. The van der Waals surface area contributed by atoms with Gasteiger partial charge in [0.1, 0.15) is 5.82 Å². The van der Waals surface area contributed by atoms with Gasteiger partial charge in [0.05, 0.1) is 25.8 Å². The summed E-state index contributed by atoms with van der Waals surface area (Å²) in [5.74, 6) is -3.36. The Hall–Kier alpha value is -3.75. The molecule has 0 bridgehead atoms. The SMILES string of the molecule is COc1ccc([C@@]23CC[C@@H](N(OC(=O)C(F)(F)F)C(=O)Nc4ccc(C(F)(F)F)c(F)c4)C[C@@H]2N(C)CC3)cc1OC. The van der Waals surface area contributed by atoms with E-state index in [1.807, 2.05) is 29.4 Å². The van der Waals surface area contributed by atoms with Gasteiger partial charge in [-0.3, -0.25) is 0 Å². The number of hydrogen-bond donors (Lipinski definition) is 1. The lowest BCUT2D eigenvalue weighted by Crippen LogP contribution is -2.54. The van der Waals surface area contributed by atoms with Crippen LogP contribution in [0, 0.1) is 5.82 Å². The highest BCUT2D eigenvalue weighted by Gasteiger charge is 2.53. The van der Waals surface area contributed by atoms with Crippen molar-refractivity contribution in [3.05, 3.63) is 53.3 Å². The highest BCUT2D eigenvalue weighted by molar-refractivity contribution is 5.90. The number of likely N-dealkylation sites (tertiary alicyclic amines) is 1. The summed E-state index contributed by atoms with van der Waals surface area (Å²) >= 11 is 0. The van der Waals surface area contributed by atoms with E-state index in [0.29, 0.717) is 43.0 Å². The van der Waals surface area contributed by atoms with Crippen molar-refractivity contribution in [2.45, 2.75) is 55.5 Å². The fourth-order valence-electron chi connectivity index (χ4n) is 5.88. The number of fused-ring (bicyclic) bond motifs is 1. The van der Waals surface area contributed by atoms with Gasteiger partial charge in [0.25, 0.3) is 0 Å². The van der Waals surface area contributed by atoms with Crippen molar-refractivity contribution in [3.8, 4) is 11.5 Å². The normalized spacial score (nSPS) is 22.7. The number of alkyl halides is 6. The van der Waals surface area contributed by atoms with Crippen LogP contribution in [-0.2, 0) is 21.2 Å². The van der Waals surface area contributed by atoms with E-state index in [2.05, 4.69) is 4.84 Å². The van der Waals surface area contributed by atoms with Crippen molar-refractivity contribution >= 4 is 17.7 Å². The van der Waals surface area contributed by atoms with Crippen molar-refractivity contribution in [3.63, 3.8) is 0 Å². The van der Waals surface area contributed by atoms with Gasteiger partial charge in [-0.25, -0.2) is 14.0 Å². The molecule has 0 aromatic heterocycles. The molecule has 2 aliphatic rings. The number of nitrogens with one attached hydrogen (secondary N) is 1. The average molecular weight is 608 g/mol. The molecule has 2 aromatic carbocycles. The monoisotopic (exact) mass is 607 g/mol.